The fraction of sp³-hybridized carbons (Fsp3) is 0.381. The minimum Gasteiger partial charge on any atom is -0.462 e. The van der Waals surface area contributed by atoms with Crippen molar-refractivity contribution in [3.63, 3.8) is 0 Å². The molecule has 2 heterocycles. The highest BCUT2D eigenvalue weighted by Gasteiger charge is 2.22. The molecule has 6 heteroatoms. The summed E-state index contributed by atoms with van der Waals surface area (Å²) in [6.07, 6.45) is 5.42. The molecule has 0 spiro atoms. The van der Waals surface area contributed by atoms with E-state index in [0.717, 1.165) is 25.9 Å². The molecule has 2 aromatic rings. The lowest BCUT2D eigenvalue weighted by Crippen LogP contribution is -2.39. The Labute approximate surface area is 159 Å². The van der Waals surface area contributed by atoms with Gasteiger partial charge in [-0.05, 0) is 43.9 Å². The number of ether oxygens (including phenoxy) is 1. The van der Waals surface area contributed by atoms with Crippen LogP contribution in [0.4, 0.5) is 11.4 Å². The van der Waals surface area contributed by atoms with E-state index in [4.69, 9.17) is 4.74 Å². The van der Waals surface area contributed by atoms with Crippen LogP contribution in [-0.2, 0) is 4.74 Å². The fourth-order valence-electron chi connectivity index (χ4n) is 3.32. The number of para-hydroxylation sites is 1. The summed E-state index contributed by atoms with van der Waals surface area (Å²) in [6.45, 7) is 5.82. The van der Waals surface area contributed by atoms with Crippen LogP contribution >= 0.6 is 0 Å². The zero-order valence-electron chi connectivity index (χ0n) is 15.8. The molecule has 0 saturated carbocycles. The van der Waals surface area contributed by atoms with Gasteiger partial charge in [0.05, 0.1) is 35.3 Å². The number of esters is 1. The fourth-order valence-corrected chi connectivity index (χ4v) is 3.32. The van der Waals surface area contributed by atoms with Crippen molar-refractivity contribution in [3.05, 3.63) is 53.9 Å². The van der Waals surface area contributed by atoms with Gasteiger partial charge in [-0.2, -0.15) is 0 Å². The lowest BCUT2D eigenvalue weighted by Gasteiger charge is -2.31. The van der Waals surface area contributed by atoms with E-state index < -0.39 is 0 Å². The molecule has 1 fully saturated rings. The van der Waals surface area contributed by atoms with Gasteiger partial charge in [-0.1, -0.05) is 19.1 Å². The Morgan fingerprint density at radius 1 is 1.30 bits per heavy atom. The second-order valence-electron chi connectivity index (χ2n) is 6.85. The van der Waals surface area contributed by atoms with Crippen LogP contribution in [0.1, 0.15) is 47.4 Å². The van der Waals surface area contributed by atoms with E-state index in [2.05, 4.69) is 17.2 Å². The maximum atomic E-state index is 12.8. The molecule has 1 atom stereocenters. The summed E-state index contributed by atoms with van der Waals surface area (Å²) in [5.41, 5.74) is 2.26. The molecule has 1 aromatic carbocycles. The zero-order valence-corrected chi connectivity index (χ0v) is 15.8. The SMILES string of the molecule is CCOC(=O)c1ccccc1Nc1cncc(C(=O)N2CCCC(C)C2)c1. The van der Waals surface area contributed by atoms with E-state index in [-0.39, 0.29) is 11.9 Å². The number of rotatable bonds is 5. The third kappa shape index (κ3) is 4.64. The summed E-state index contributed by atoms with van der Waals surface area (Å²) < 4.78 is 5.10. The van der Waals surface area contributed by atoms with Gasteiger partial charge in [-0.3, -0.25) is 9.78 Å². The molecule has 0 radical (unpaired) electrons. The Kier molecular flexibility index (Phi) is 6.06. The van der Waals surface area contributed by atoms with Crippen molar-refractivity contribution < 1.29 is 14.3 Å². The Bertz CT molecular complexity index is 822. The Morgan fingerprint density at radius 3 is 2.89 bits per heavy atom. The summed E-state index contributed by atoms with van der Waals surface area (Å²) >= 11 is 0. The molecule has 1 aliphatic heterocycles. The van der Waals surface area contributed by atoms with Crippen LogP contribution in [0.2, 0.25) is 0 Å². The topological polar surface area (TPSA) is 71.5 Å². The van der Waals surface area contributed by atoms with E-state index in [1.165, 1.54) is 0 Å². The largest absolute Gasteiger partial charge is 0.462 e. The van der Waals surface area contributed by atoms with Crippen molar-refractivity contribution >= 4 is 23.3 Å². The molecule has 1 amide bonds. The molecule has 1 unspecified atom stereocenters. The smallest absolute Gasteiger partial charge is 0.340 e. The van der Waals surface area contributed by atoms with Crippen molar-refractivity contribution in [2.45, 2.75) is 26.7 Å². The van der Waals surface area contributed by atoms with Gasteiger partial charge in [0.15, 0.2) is 0 Å². The van der Waals surface area contributed by atoms with Crippen LogP contribution in [-0.4, -0.2) is 41.5 Å². The number of carbonyl (C=O) groups excluding carboxylic acids is 2. The number of carbonyl (C=O) groups is 2. The second-order valence-corrected chi connectivity index (χ2v) is 6.85. The number of amides is 1. The number of hydrogen-bond donors (Lipinski definition) is 1. The van der Waals surface area contributed by atoms with Gasteiger partial charge >= 0.3 is 5.97 Å². The average molecular weight is 367 g/mol. The number of benzene rings is 1. The number of hydrogen-bond acceptors (Lipinski definition) is 5. The summed E-state index contributed by atoms with van der Waals surface area (Å²) in [5, 5.41) is 3.18. The van der Waals surface area contributed by atoms with Gasteiger partial charge in [0.1, 0.15) is 0 Å². The first kappa shape index (κ1) is 18.9. The van der Waals surface area contributed by atoms with Crippen molar-refractivity contribution in [1.29, 1.82) is 0 Å². The van der Waals surface area contributed by atoms with Gasteiger partial charge in [0.25, 0.3) is 5.91 Å². The van der Waals surface area contributed by atoms with Gasteiger partial charge in [-0.15, -0.1) is 0 Å². The molecule has 1 aliphatic rings. The molecular formula is C21H25N3O3. The molecular weight excluding hydrogens is 342 g/mol. The third-order valence-corrected chi connectivity index (χ3v) is 4.63. The highest BCUT2D eigenvalue weighted by Crippen LogP contribution is 2.23. The number of nitrogens with one attached hydrogen (secondary N) is 1. The standard InChI is InChI=1S/C21H25N3O3/c1-3-27-21(26)18-8-4-5-9-19(18)23-17-11-16(12-22-13-17)20(25)24-10-6-7-15(2)14-24/h4-5,8-9,11-13,15,23H,3,6-7,10,14H2,1-2H3. The summed E-state index contributed by atoms with van der Waals surface area (Å²) in [7, 11) is 0. The first-order chi connectivity index (χ1) is 13.1. The predicted molar refractivity (Wildman–Crippen MR) is 104 cm³/mol. The number of nitrogens with zero attached hydrogens (tertiary/aromatic N) is 2. The maximum absolute atomic E-state index is 12.8. The van der Waals surface area contributed by atoms with Crippen molar-refractivity contribution in [2.24, 2.45) is 5.92 Å². The maximum Gasteiger partial charge on any atom is 0.340 e. The van der Waals surface area contributed by atoms with Crippen molar-refractivity contribution in [3.8, 4) is 0 Å². The lowest BCUT2D eigenvalue weighted by molar-refractivity contribution is 0.0527. The van der Waals surface area contributed by atoms with E-state index in [1.54, 1.807) is 43.6 Å². The Hall–Kier alpha value is -2.89. The second kappa shape index (κ2) is 8.66. The van der Waals surface area contributed by atoms with Crippen molar-refractivity contribution in [1.82, 2.24) is 9.88 Å². The molecule has 1 N–H and O–H groups in total. The molecule has 27 heavy (non-hydrogen) atoms. The monoisotopic (exact) mass is 367 g/mol. The van der Waals surface area contributed by atoms with Gasteiger partial charge in [0, 0.05) is 19.3 Å². The quantitative estimate of drug-likeness (QED) is 0.812. The van der Waals surface area contributed by atoms with Crippen LogP contribution in [0.5, 0.6) is 0 Å². The molecule has 3 rings (SSSR count). The number of piperidine rings is 1. The summed E-state index contributed by atoms with van der Waals surface area (Å²) in [6, 6.07) is 8.90. The van der Waals surface area contributed by atoms with Crippen LogP contribution in [0.25, 0.3) is 0 Å². The van der Waals surface area contributed by atoms with E-state index in [9.17, 15) is 9.59 Å². The first-order valence-electron chi connectivity index (χ1n) is 9.36. The highest BCUT2D eigenvalue weighted by atomic mass is 16.5. The van der Waals surface area contributed by atoms with Crippen LogP contribution < -0.4 is 5.32 Å². The number of aromatic nitrogens is 1. The van der Waals surface area contributed by atoms with Crippen LogP contribution in [0, 0.1) is 5.92 Å². The van der Waals surface area contributed by atoms with Gasteiger partial charge in [-0.25, -0.2) is 4.79 Å². The molecule has 6 nitrogen and oxygen atoms in total. The van der Waals surface area contributed by atoms with Crippen molar-refractivity contribution in [2.75, 3.05) is 25.0 Å². The molecule has 142 valence electrons. The lowest BCUT2D eigenvalue weighted by atomic mass is 10.00. The predicted octanol–water partition coefficient (Wildman–Crippen LogP) is 3.87. The number of anilines is 2. The number of likely N-dealkylation sites (tertiary alicyclic amines) is 1. The highest BCUT2D eigenvalue weighted by molar-refractivity contribution is 5.97. The minimum atomic E-state index is -0.386. The summed E-state index contributed by atoms with van der Waals surface area (Å²) in [5.74, 6) is 0.132. The first-order valence-corrected chi connectivity index (χ1v) is 9.36. The zero-order chi connectivity index (χ0) is 19.2. The Morgan fingerprint density at radius 2 is 2.11 bits per heavy atom. The molecule has 0 aliphatic carbocycles. The molecule has 0 bridgehead atoms. The molecule has 1 aromatic heterocycles. The van der Waals surface area contributed by atoms with E-state index in [1.807, 2.05) is 11.0 Å². The van der Waals surface area contributed by atoms with E-state index in [0.29, 0.717) is 35.0 Å². The van der Waals surface area contributed by atoms with Crippen LogP contribution in [0.15, 0.2) is 42.7 Å². The summed E-state index contributed by atoms with van der Waals surface area (Å²) in [4.78, 5) is 31.0. The average Bonchev–Trinajstić information content (AvgIpc) is 2.68. The normalized spacial score (nSPS) is 16.7. The van der Waals surface area contributed by atoms with E-state index >= 15 is 0 Å². The van der Waals surface area contributed by atoms with Gasteiger partial charge in [0.2, 0.25) is 0 Å². The molecule has 1 saturated heterocycles. The van der Waals surface area contributed by atoms with Gasteiger partial charge < -0.3 is 15.0 Å². The third-order valence-electron chi connectivity index (χ3n) is 4.63. The Balaban J connectivity index is 1.79. The number of pyridine rings is 1. The van der Waals surface area contributed by atoms with Crippen LogP contribution in [0.3, 0.4) is 0 Å². The minimum absolute atomic E-state index is 0.00335.